The number of nitro groups is 1. The number of fused-ring (bicyclic) bond motifs is 1. The highest BCUT2D eigenvalue weighted by atomic mass is 16.6. The molecule has 0 saturated carbocycles. The number of rotatable bonds is 1. The van der Waals surface area contributed by atoms with E-state index in [9.17, 15) is 14.9 Å². The summed E-state index contributed by atoms with van der Waals surface area (Å²) in [7, 11) is 1.81. The largest absolute Gasteiger partial charge is 0.372 e. The lowest BCUT2D eigenvalue weighted by atomic mass is 10.1. The minimum Gasteiger partial charge on any atom is -0.372 e. The Bertz CT molecular complexity index is 459. The molecule has 0 atom stereocenters. The lowest BCUT2D eigenvalue weighted by molar-refractivity contribution is -0.385. The van der Waals surface area contributed by atoms with Crippen molar-refractivity contribution in [1.29, 1.82) is 0 Å². The zero-order valence-electron chi connectivity index (χ0n) is 8.77. The van der Waals surface area contributed by atoms with Gasteiger partial charge in [-0.3, -0.25) is 14.9 Å². The number of likely N-dealkylation sites (N-methyl/N-ethyl adjacent to an activating group) is 1. The van der Waals surface area contributed by atoms with Crippen molar-refractivity contribution in [2.24, 2.45) is 0 Å². The molecule has 2 rings (SSSR count). The molecule has 0 aromatic heterocycles. The quantitative estimate of drug-likeness (QED) is 0.561. The Morgan fingerprint density at radius 3 is 2.94 bits per heavy atom. The second-order valence-electron chi connectivity index (χ2n) is 3.61. The van der Waals surface area contributed by atoms with Gasteiger partial charge in [-0.1, -0.05) is 6.07 Å². The number of amides is 1. The molecule has 1 aromatic rings. The van der Waals surface area contributed by atoms with E-state index in [0.29, 0.717) is 18.8 Å². The maximum absolute atomic E-state index is 11.7. The summed E-state index contributed by atoms with van der Waals surface area (Å²) in [5.74, 6) is -0.383. The first-order chi connectivity index (χ1) is 7.61. The summed E-state index contributed by atoms with van der Waals surface area (Å²) in [5.41, 5.74) is 0.598. The number of nitrogens with one attached hydrogen (secondary N) is 1. The van der Waals surface area contributed by atoms with E-state index in [0.717, 1.165) is 0 Å². The number of hydrogen-bond acceptors (Lipinski definition) is 4. The number of nitrogens with zero attached hydrogens (tertiary/aromatic N) is 2. The Labute approximate surface area is 92.0 Å². The molecule has 0 saturated heterocycles. The van der Waals surface area contributed by atoms with E-state index in [1.165, 1.54) is 6.07 Å². The van der Waals surface area contributed by atoms with Crippen molar-refractivity contribution in [3.05, 3.63) is 33.9 Å². The molecular weight excluding hydrogens is 210 g/mol. The van der Waals surface area contributed by atoms with Gasteiger partial charge in [-0.2, -0.15) is 0 Å². The molecule has 84 valence electrons. The fourth-order valence-corrected chi connectivity index (χ4v) is 1.78. The summed E-state index contributed by atoms with van der Waals surface area (Å²) in [5, 5.41) is 13.5. The molecular formula is C10H11N3O3. The van der Waals surface area contributed by atoms with Crippen LogP contribution in [0.1, 0.15) is 10.4 Å². The van der Waals surface area contributed by atoms with Crippen LogP contribution in [0, 0.1) is 10.1 Å². The minimum absolute atomic E-state index is 0.146. The van der Waals surface area contributed by atoms with E-state index in [2.05, 4.69) is 5.32 Å². The maximum atomic E-state index is 11.7. The zero-order valence-corrected chi connectivity index (χ0v) is 8.77. The monoisotopic (exact) mass is 221 g/mol. The molecule has 0 bridgehead atoms. The fraction of sp³-hybridized carbons (Fsp3) is 0.300. The van der Waals surface area contributed by atoms with Gasteiger partial charge in [-0.15, -0.1) is 0 Å². The van der Waals surface area contributed by atoms with Crippen LogP contribution in [-0.4, -0.2) is 31.0 Å². The zero-order chi connectivity index (χ0) is 11.7. The van der Waals surface area contributed by atoms with Gasteiger partial charge in [-0.25, -0.2) is 0 Å². The van der Waals surface area contributed by atoms with Crippen LogP contribution in [0.25, 0.3) is 0 Å². The fourth-order valence-electron chi connectivity index (χ4n) is 1.78. The van der Waals surface area contributed by atoms with Gasteiger partial charge < -0.3 is 10.2 Å². The summed E-state index contributed by atoms with van der Waals surface area (Å²) in [6, 6.07) is 4.65. The van der Waals surface area contributed by atoms with Crippen LogP contribution < -0.4 is 10.2 Å². The lowest BCUT2D eigenvalue weighted by Gasteiger charge is -2.17. The summed E-state index contributed by atoms with van der Waals surface area (Å²) < 4.78 is 0. The second kappa shape index (κ2) is 3.80. The summed E-state index contributed by atoms with van der Waals surface area (Å²) in [6.07, 6.45) is 0. The molecule has 1 aliphatic rings. The molecule has 0 radical (unpaired) electrons. The number of anilines is 1. The van der Waals surface area contributed by atoms with Gasteiger partial charge in [0.15, 0.2) is 0 Å². The number of carbonyl (C=O) groups excluding carboxylic acids is 1. The Balaban J connectivity index is 2.65. The number of benzene rings is 1. The highest BCUT2D eigenvalue weighted by Gasteiger charge is 2.27. The number of nitro benzene ring substituents is 1. The van der Waals surface area contributed by atoms with Gasteiger partial charge in [0.05, 0.1) is 10.6 Å². The first-order valence-electron chi connectivity index (χ1n) is 4.88. The van der Waals surface area contributed by atoms with Crippen molar-refractivity contribution in [2.45, 2.75) is 0 Å². The van der Waals surface area contributed by atoms with E-state index in [1.54, 1.807) is 12.1 Å². The molecule has 1 aliphatic heterocycles. The molecule has 0 unspecified atom stereocenters. The lowest BCUT2D eigenvalue weighted by Crippen LogP contribution is -2.27. The average Bonchev–Trinajstić information content (AvgIpc) is 2.40. The van der Waals surface area contributed by atoms with Gasteiger partial charge in [-0.05, 0) is 6.07 Å². The van der Waals surface area contributed by atoms with Gasteiger partial charge >= 0.3 is 0 Å². The predicted octanol–water partition coefficient (Wildman–Crippen LogP) is 0.774. The van der Waals surface area contributed by atoms with Crippen molar-refractivity contribution >= 4 is 17.3 Å². The van der Waals surface area contributed by atoms with Crippen molar-refractivity contribution < 1.29 is 9.72 Å². The predicted molar refractivity (Wildman–Crippen MR) is 58.7 cm³/mol. The smallest absolute Gasteiger partial charge is 0.284 e. The molecule has 6 heteroatoms. The molecule has 6 nitrogen and oxygen atoms in total. The molecule has 0 aliphatic carbocycles. The van der Waals surface area contributed by atoms with Crippen molar-refractivity contribution in [3.8, 4) is 0 Å². The Morgan fingerprint density at radius 1 is 1.50 bits per heavy atom. The van der Waals surface area contributed by atoms with Crippen LogP contribution in [0.15, 0.2) is 18.2 Å². The van der Waals surface area contributed by atoms with E-state index in [4.69, 9.17) is 0 Å². The average molecular weight is 221 g/mol. The van der Waals surface area contributed by atoms with Crippen LogP contribution in [-0.2, 0) is 0 Å². The van der Waals surface area contributed by atoms with E-state index < -0.39 is 4.92 Å². The highest BCUT2D eigenvalue weighted by Crippen LogP contribution is 2.29. The Hall–Kier alpha value is -2.11. The van der Waals surface area contributed by atoms with Crippen LogP contribution in [0.2, 0.25) is 0 Å². The molecule has 16 heavy (non-hydrogen) atoms. The third kappa shape index (κ3) is 1.58. The molecule has 1 aromatic carbocycles. The number of hydrogen-bond donors (Lipinski definition) is 1. The van der Waals surface area contributed by atoms with Gasteiger partial charge in [0, 0.05) is 26.2 Å². The molecule has 0 fully saturated rings. The highest BCUT2D eigenvalue weighted by molar-refractivity contribution is 6.04. The first kappa shape index (κ1) is 10.4. The first-order valence-corrected chi connectivity index (χ1v) is 4.88. The minimum atomic E-state index is -0.530. The van der Waals surface area contributed by atoms with Crippen molar-refractivity contribution in [1.82, 2.24) is 5.32 Å². The second-order valence-corrected chi connectivity index (χ2v) is 3.61. The van der Waals surface area contributed by atoms with E-state index in [-0.39, 0.29) is 17.2 Å². The van der Waals surface area contributed by atoms with E-state index >= 15 is 0 Å². The van der Waals surface area contributed by atoms with Crippen LogP contribution >= 0.6 is 0 Å². The Morgan fingerprint density at radius 2 is 2.25 bits per heavy atom. The summed E-state index contributed by atoms with van der Waals surface area (Å²) >= 11 is 0. The SMILES string of the molecule is CN1CCNC(=O)c2c1cccc2[N+](=O)[O-]. The standard InChI is InChI=1S/C10H11N3O3/c1-12-6-5-11-10(14)9-7(12)3-2-4-8(9)13(15)16/h2-4H,5-6H2,1H3,(H,11,14). The normalized spacial score (nSPS) is 15.1. The third-order valence-electron chi connectivity index (χ3n) is 2.59. The van der Waals surface area contributed by atoms with Crippen molar-refractivity contribution in [3.63, 3.8) is 0 Å². The maximum Gasteiger partial charge on any atom is 0.284 e. The molecule has 1 amide bonds. The summed E-state index contributed by atoms with van der Waals surface area (Å²) in [6.45, 7) is 1.13. The van der Waals surface area contributed by atoms with Gasteiger partial charge in [0.2, 0.25) is 0 Å². The van der Waals surface area contributed by atoms with E-state index in [1.807, 2.05) is 11.9 Å². The third-order valence-corrected chi connectivity index (χ3v) is 2.59. The summed E-state index contributed by atoms with van der Waals surface area (Å²) in [4.78, 5) is 23.9. The molecule has 1 heterocycles. The van der Waals surface area contributed by atoms with Gasteiger partial charge in [0.25, 0.3) is 11.6 Å². The Kier molecular flexibility index (Phi) is 2.47. The number of carbonyl (C=O) groups is 1. The van der Waals surface area contributed by atoms with Crippen molar-refractivity contribution in [2.75, 3.05) is 25.0 Å². The van der Waals surface area contributed by atoms with Crippen LogP contribution in [0.5, 0.6) is 0 Å². The molecule has 1 N–H and O–H groups in total. The molecule has 0 spiro atoms. The van der Waals surface area contributed by atoms with Crippen LogP contribution in [0.3, 0.4) is 0 Å². The topological polar surface area (TPSA) is 75.5 Å². The van der Waals surface area contributed by atoms with Gasteiger partial charge in [0.1, 0.15) is 5.56 Å². The van der Waals surface area contributed by atoms with Crippen LogP contribution in [0.4, 0.5) is 11.4 Å².